The van der Waals surface area contributed by atoms with Crippen molar-refractivity contribution in [1.29, 1.82) is 0 Å². The van der Waals surface area contributed by atoms with Crippen LogP contribution in [0.1, 0.15) is 50.8 Å². The number of methoxy groups -OCH3 is 2. The predicted octanol–water partition coefficient (Wildman–Crippen LogP) is 4.32. The molecule has 2 aliphatic heterocycles. The summed E-state index contributed by atoms with van der Waals surface area (Å²) in [4.78, 5) is 2.70. The van der Waals surface area contributed by atoms with Crippen LogP contribution in [-0.2, 0) is 11.2 Å². The lowest BCUT2D eigenvalue weighted by Gasteiger charge is -2.47. The van der Waals surface area contributed by atoms with Crippen molar-refractivity contribution in [2.24, 2.45) is 17.8 Å². The van der Waals surface area contributed by atoms with E-state index in [2.05, 4.69) is 37.8 Å². The summed E-state index contributed by atoms with van der Waals surface area (Å²) in [5, 5.41) is 0. The first-order chi connectivity index (χ1) is 12.6. The van der Waals surface area contributed by atoms with E-state index in [0.717, 1.165) is 49.5 Å². The van der Waals surface area contributed by atoms with Gasteiger partial charge in [-0.1, -0.05) is 13.8 Å². The number of hydrogen-bond acceptors (Lipinski definition) is 4. The maximum atomic E-state index is 5.87. The molecule has 2 heterocycles. The Kier molecular flexibility index (Phi) is 6.46. The van der Waals surface area contributed by atoms with Gasteiger partial charge in [-0.05, 0) is 67.2 Å². The third-order valence-electron chi connectivity index (χ3n) is 6.09. The van der Waals surface area contributed by atoms with E-state index in [0.29, 0.717) is 12.0 Å². The van der Waals surface area contributed by atoms with Crippen molar-refractivity contribution >= 4 is 0 Å². The number of piperidine rings is 1. The molecule has 4 nitrogen and oxygen atoms in total. The van der Waals surface area contributed by atoms with Gasteiger partial charge in [-0.15, -0.1) is 0 Å². The Labute approximate surface area is 158 Å². The van der Waals surface area contributed by atoms with Crippen LogP contribution in [0.3, 0.4) is 0 Å². The fourth-order valence-electron chi connectivity index (χ4n) is 4.85. The van der Waals surface area contributed by atoms with Crippen LogP contribution < -0.4 is 9.47 Å². The van der Waals surface area contributed by atoms with Crippen LogP contribution in [0.25, 0.3) is 0 Å². The van der Waals surface area contributed by atoms with Crippen molar-refractivity contribution in [3.8, 4) is 11.5 Å². The molecule has 3 atom stereocenters. The maximum Gasteiger partial charge on any atom is 0.161 e. The summed E-state index contributed by atoms with van der Waals surface area (Å²) in [5.41, 5.74) is 2.85. The number of hydrogen-bond donors (Lipinski definition) is 0. The van der Waals surface area contributed by atoms with E-state index >= 15 is 0 Å². The molecule has 1 aromatic carbocycles. The van der Waals surface area contributed by atoms with Crippen molar-refractivity contribution in [1.82, 2.24) is 4.90 Å². The highest BCUT2D eigenvalue weighted by Gasteiger charge is 2.39. The fraction of sp³-hybridized carbons (Fsp3) is 0.727. The Morgan fingerprint density at radius 2 is 1.85 bits per heavy atom. The van der Waals surface area contributed by atoms with Crippen LogP contribution >= 0.6 is 0 Å². The summed E-state index contributed by atoms with van der Waals surface area (Å²) in [6, 6.07) is 4.88. The van der Waals surface area contributed by atoms with Gasteiger partial charge in [0, 0.05) is 32.3 Å². The Morgan fingerprint density at radius 1 is 1.12 bits per heavy atom. The molecule has 1 fully saturated rings. The monoisotopic (exact) mass is 361 g/mol. The van der Waals surface area contributed by atoms with Crippen molar-refractivity contribution in [2.75, 3.05) is 40.5 Å². The van der Waals surface area contributed by atoms with Crippen LogP contribution in [0, 0.1) is 17.8 Å². The van der Waals surface area contributed by atoms with Crippen LogP contribution in [0.15, 0.2) is 12.1 Å². The SMILES string of the molecule is CCOC[C@@H]1C[C@@H]2c3cc(OC)c(OC)cc3CCN2C[C@H]1CC(C)C. The lowest BCUT2D eigenvalue weighted by Crippen LogP contribution is -2.47. The van der Waals surface area contributed by atoms with Crippen molar-refractivity contribution in [3.05, 3.63) is 23.3 Å². The van der Waals surface area contributed by atoms with Gasteiger partial charge in [0.1, 0.15) is 0 Å². The van der Waals surface area contributed by atoms with Crippen LogP contribution in [0.2, 0.25) is 0 Å². The Morgan fingerprint density at radius 3 is 2.50 bits per heavy atom. The lowest BCUT2D eigenvalue weighted by molar-refractivity contribution is -0.00249. The van der Waals surface area contributed by atoms with E-state index in [9.17, 15) is 0 Å². The molecule has 0 saturated carbocycles. The number of fused-ring (bicyclic) bond motifs is 3. The third kappa shape index (κ3) is 4.01. The molecule has 0 aliphatic carbocycles. The van der Waals surface area contributed by atoms with E-state index in [1.807, 2.05) is 0 Å². The molecule has 26 heavy (non-hydrogen) atoms. The standard InChI is InChI=1S/C22H35NO3/c1-6-26-14-18-10-20-19-12-22(25-5)21(24-4)11-16(19)7-8-23(20)13-17(18)9-15(2)3/h11-12,15,17-18,20H,6-10,13-14H2,1-5H3/t17-,18+,20-/m1/s1. The highest BCUT2D eigenvalue weighted by molar-refractivity contribution is 5.49. The second kappa shape index (κ2) is 8.62. The Balaban J connectivity index is 1.87. The Bertz CT molecular complexity index is 601. The molecule has 3 rings (SSSR count). The topological polar surface area (TPSA) is 30.9 Å². The van der Waals surface area contributed by atoms with Gasteiger partial charge in [-0.2, -0.15) is 0 Å². The van der Waals surface area contributed by atoms with Gasteiger partial charge in [0.25, 0.3) is 0 Å². The molecular weight excluding hydrogens is 326 g/mol. The van der Waals surface area contributed by atoms with Crippen molar-refractivity contribution in [2.45, 2.75) is 46.1 Å². The van der Waals surface area contributed by atoms with Gasteiger partial charge < -0.3 is 14.2 Å². The molecule has 0 unspecified atom stereocenters. The van der Waals surface area contributed by atoms with Crippen LogP contribution in [0.4, 0.5) is 0 Å². The lowest BCUT2D eigenvalue weighted by atomic mass is 9.74. The minimum atomic E-state index is 0.479. The molecule has 1 saturated heterocycles. The average molecular weight is 362 g/mol. The molecule has 0 amide bonds. The summed E-state index contributed by atoms with van der Waals surface area (Å²) in [6.45, 7) is 10.8. The summed E-state index contributed by atoms with van der Waals surface area (Å²) in [5.74, 6) is 3.80. The minimum absolute atomic E-state index is 0.479. The second-order valence-corrected chi connectivity index (χ2v) is 8.21. The molecule has 0 N–H and O–H groups in total. The van der Waals surface area contributed by atoms with E-state index in [4.69, 9.17) is 14.2 Å². The normalized spacial score (nSPS) is 25.7. The Hall–Kier alpha value is -1.26. The molecule has 0 bridgehead atoms. The average Bonchev–Trinajstić information content (AvgIpc) is 2.64. The molecular formula is C22H35NO3. The molecule has 4 heteroatoms. The van der Waals surface area contributed by atoms with E-state index in [-0.39, 0.29) is 0 Å². The highest BCUT2D eigenvalue weighted by Crippen LogP contribution is 2.45. The number of rotatable bonds is 7. The quantitative estimate of drug-likeness (QED) is 0.724. The van der Waals surface area contributed by atoms with Gasteiger partial charge in [-0.25, -0.2) is 0 Å². The zero-order chi connectivity index (χ0) is 18.7. The number of ether oxygens (including phenoxy) is 3. The van der Waals surface area contributed by atoms with E-state index in [1.165, 1.54) is 30.5 Å². The zero-order valence-electron chi connectivity index (χ0n) is 17.1. The van der Waals surface area contributed by atoms with Gasteiger partial charge in [0.05, 0.1) is 14.2 Å². The van der Waals surface area contributed by atoms with Gasteiger partial charge >= 0.3 is 0 Å². The van der Waals surface area contributed by atoms with Crippen molar-refractivity contribution in [3.63, 3.8) is 0 Å². The first-order valence-corrected chi connectivity index (χ1v) is 10.1. The third-order valence-corrected chi connectivity index (χ3v) is 6.09. The number of benzene rings is 1. The smallest absolute Gasteiger partial charge is 0.161 e. The summed E-state index contributed by atoms with van der Waals surface area (Å²) in [6.07, 6.45) is 3.57. The van der Waals surface area contributed by atoms with E-state index < -0.39 is 0 Å². The minimum Gasteiger partial charge on any atom is -0.493 e. The van der Waals surface area contributed by atoms with Crippen LogP contribution in [0.5, 0.6) is 11.5 Å². The fourth-order valence-corrected chi connectivity index (χ4v) is 4.85. The molecule has 0 spiro atoms. The first kappa shape index (κ1) is 19.5. The highest BCUT2D eigenvalue weighted by atomic mass is 16.5. The van der Waals surface area contributed by atoms with Crippen LogP contribution in [-0.4, -0.2) is 45.4 Å². The number of nitrogens with zero attached hydrogens (tertiary/aromatic N) is 1. The maximum absolute atomic E-state index is 5.87. The summed E-state index contributed by atoms with van der Waals surface area (Å²) in [7, 11) is 3.44. The summed E-state index contributed by atoms with van der Waals surface area (Å²) < 4.78 is 17.0. The second-order valence-electron chi connectivity index (χ2n) is 8.21. The van der Waals surface area contributed by atoms with E-state index in [1.54, 1.807) is 14.2 Å². The predicted molar refractivity (Wildman–Crippen MR) is 105 cm³/mol. The zero-order valence-corrected chi connectivity index (χ0v) is 17.1. The first-order valence-electron chi connectivity index (χ1n) is 10.1. The molecule has 0 aromatic heterocycles. The van der Waals surface area contributed by atoms with Crippen molar-refractivity contribution < 1.29 is 14.2 Å². The summed E-state index contributed by atoms with van der Waals surface area (Å²) >= 11 is 0. The van der Waals surface area contributed by atoms with Gasteiger partial charge in [-0.3, -0.25) is 4.90 Å². The molecule has 2 aliphatic rings. The molecule has 0 radical (unpaired) electrons. The van der Waals surface area contributed by atoms with Gasteiger partial charge in [0.15, 0.2) is 11.5 Å². The largest absolute Gasteiger partial charge is 0.493 e. The van der Waals surface area contributed by atoms with Gasteiger partial charge in [0.2, 0.25) is 0 Å². The molecule has 146 valence electrons. The molecule has 1 aromatic rings.